The fourth-order valence-corrected chi connectivity index (χ4v) is 1.78. The lowest BCUT2D eigenvalue weighted by Gasteiger charge is -2.00. The van der Waals surface area contributed by atoms with Crippen molar-refractivity contribution in [2.75, 3.05) is 5.23 Å². The van der Waals surface area contributed by atoms with Crippen LogP contribution in [0.5, 0.6) is 0 Å². The standard InChI is InChI=1S/C6H5BClFNOS/c8-6-5(10-7-3-11)4(1-9)2-12-6/h2-3,10H,1H2. The first-order chi connectivity index (χ1) is 5.79. The Morgan fingerprint density at radius 2 is 2.58 bits per heavy atom. The van der Waals surface area contributed by atoms with Crippen LogP contribution in [0, 0.1) is 0 Å². The average Bonchev–Trinajstić information content (AvgIpc) is 2.43. The molecule has 0 aromatic carbocycles. The van der Waals surface area contributed by atoms with Crippen molar-refractivity contribution in [2.45, 2.75) is 6.67 Å². The van der Waals surface area contributed by atoms with Gasteiger partial charge in [-0.1, -0.05) is 11.6 Å². The van der Waals surface area contributed by atoms with Crippen LogP contribution in [0.4, 0.5) is 10.1 Å². The van der Waals surface area contributed by atoms with Crippen molar-refractivity contribution in [3.8, 4) is 0 Å². The van der Waals surface area contributed by atoms with Crippen LogP contribution in [0.2, 0.25) is 4.34 Å². The minimum atomic E-state index is -0.585. The minimum absolute atomic E-state index is 0.459. The molecule has 0 bridgehead atoms. The molecule has 0 saturated carbocycles. The summed E-state index contributed by atoms with van der Waals surface area (Å²) < 4.78 is 12.7. The summed E-state index contributed by atoms with van der Waals surface area (Å²) in [5.41, 5.74) is 0.958. The Balaban J connectivity index is 2.78. The zero-order valence-electron chi connectivity index (χ0n) is 6.01. The number of nitrogens with one attached hydrogen (secondary N) is 1. The fraction of sp³-hybridized carbons (Fsp3) is 0.167. The van der Waals surface area contributed by atoms with Gasteiger partial charge in [-0.25, -0.2) is 4.39 Å². The molecule has 0 spiro atoms. The highest BCUT2D eigenvalue weighted by Crippen LogP contribution is 2.32. The third-order valence-corrected chi connectivity index (χ3v) is 2.53. The number of carbonyl (C=O) groups excluding carboxylic acids is 1. The molecule has 1 aromatic heterocycles. The van der Waals surface area contributed by atoms with Gasteiger partial charge in [-0.15, -0.1) is 11.3 Å². The summed E-state index contributed by atoms with van der Waals surface area (Å²) in [6, 6.07) is 0. The van der Waals surface area contributed by atoms with Gasteiger partial charge in [0.25, 0.3) is 0 Å². The third-order valence-electron chi connectivity index (χ3n) is 1.26. The van der Waals surface area contributed by atoms with Crippen LogP contribution in [0.25, 0.3) is 0 Å². The Bertz CT molecular complexity index is 281. The zero-order valence-corrected chi connectivity index (χ0v) is 7.58. The molecule has 1 N–H and O–H groups in total. The molecule has 0 saturated heterocycles. The second-order valence-electron chi connectivity index (χ2n) is 1.99. The molecule has 0 aliphatic rings. The maximum atomic E-state index is 12.2. The van der Waals surface area contributed by atoms with Crippen LogP contribution in [0.3, 0.4) is 0 Å². The summed E-state index contributed by atoms with van der Waals surface area (Å²) >= 11 is 6.95. The van der Waals surface area contributed by atoms with Crippen LogP contribution < -0.4 is 5.23 Å². The van der Waals surface area contributed by atoms with Gasteiger partial charge in [0.05, 0.1) is 5.69 Å². The number of hydrogen-bond donors (Lipinski definition) is 1. The molecular formula is C6H5BClFNOS. The van der Waals surface area contributed by atoms with Gasteiger partial charge in [-0.05, 0) is 0 Å². The molecule has 1 radical (unpaired) electrons. The van der Waals surface area contributed by atoms with Crippen LogP contribution >= 0.6 is 22.9 Å². The van der Waals surface area contributed by atoms with E-state index >= 15 is 0 Å². The highest BCUT2D eigenvalue weighted by molar-refractivity contribution is 7.15. The number of halogens is 2. The third kappa shape index (κ3) is 1.98. The van der Waals surface area contributed by atoms with Gasteiger partial charge in [0.15, 0.2) is 0 Å². The summed E-state index contributed by atoms with van der Waals surface area (Å²) in [4.78, 5) is 9.96. The first kappa shape index (κ1) is 9.54. The minimum Gasteiger partial charge on any atom is -0.423 e. The number of alkyl halides is 1. The molecular weight excluding hydrogens is 199 g/mol. The molecule has 12 heavy (non-hydrogen) atoms. The van der Waals surface area contributed by atoms with Gasteiger partial charge < -0.3 is 10.0 Å². The summed E-state index contributed by atoms with van der Waals surface area (Å²) in [6.45, 7) is -0.585. The molecule has 0 aliphatic carbocycles. The van der Waals surface area contributed by atoms with Crippen LogP contribution in [0.15, 0.2) is 5.38 Å². The van der Waals surface area contributed by atoms with Crippen molar-refractivity contribution in [3.63, 3.8) is 0 Å². The van der Waals surface area contributed by atoms with Gasteiger partial charge in [0.2, 0.25) is 0 Å². The van der Waals surface area contributed by atoms with Gasteiger partial charge >= 0.3 is 7.41 Å². The van der Waals surface area contributed by atoms with Crippen molar-refractivity contribution >= 4 is 42.2 Å². The SMILES string of the molecule is O=C[B]Nc1c(CF)csc1Cl. The second kappa shape index (κ2) is 4.47. The second-order valence-corrected chi connectivity index (χ2v) is 3.47. The molecule has 1 aromatic rings. The van der Waals surface area contributed by atoms with E-state index < -0.39 is 6.67 Å². The Hall–Kier alpha value is -0.545. The van der Waals surface area contributed by atoms with E-state index in [1.807, 2.05) is 0 Å². The number of thiophene rings is 1. The highest BCUT2D eigenvalue weighted by atomic mass is 35.5. The van der Waals surface area contributed by atoms with Crippen molar-refractivity contribution in [3.05, 3.63) is 15.3 Å². The maximum Gasteiger partial charge on any atom is 0.326 e. The van der Waals surface area contributed by atoms with E-state index in [9.17, 15) is 9.18 Å². The maximum absolute atomic E-state index is 12.2. The molecule has 6 heteroatoms. The molecule has 0 atom stereocenters. The lowest BCUT2D eigenvalue weighted by molar-refractivity contribution is 0.487. The predicted molar refractivity (Wildman–Crippen MR) is 50.3 cm³/mol. The lowest BCUT2D eigenvalue weighted by Crippen LogP contribution is -2.07. The van der Waals surface area contributed by atoms with E-state index in [2.05, 4.69) is 5.23 Å². The molecule has 1 rings (SSSR count). The van der Waals surface area contributed by atoms with Crippen LogP contribution in [-0.2, 0) is 11.5 Å². The van der Waals surface area contributed by atoms with Gasteiger partial charge in [0, 0.05) is 10.9 Å². The Labute approximate surface area is 79.0 Å². The normalized spacial score (nSPS) is 9.50. The first-order valence-corrected chi connectivity index (χ1v) is 4.40. The van der Waals surface area contributed by atoms with Crippen molar-refractivity contribution in [1.82, 2.24) is 0 Å². The van der Waals surface area contributed by atoms with E-state index in [1.165, 1.54) is 18.8 Å². The van der Waals surface area contributed by atoms with Crippen molar-refractivity contribution in [1.29, 1.82) is 0 Å². The van der Waals surface area contributed by atoms with E-state index in [0.717, 1.165) is 0 Å². The van der Waals surface area contributed by atoms with Crippen LogP contribution in [-0.4, -0.2) is 13.6 Å². The van der Waals surface area contributed by atoms with Gasteiger partial charge in [-0.2, -0.15) is 0 Å². The Morgan fingerprint density at radius 3 is 3.17 bits per heavy atom. The Morgan fingerprint density at radius 1 is 1.83 bits per heavy atom. The van der Waals surface area contributed by atoms with E-state index in [0.29, 0.717) is 21.8 Å². The fourth-order valence-electron chi connectivity index (χ4n) is 0.732. The quantitative estimate of drug-likeness (QED) is 0.601. The summed E-state index contributed by atoms with van der Waals surface area (Å²) in [5.74, 6) is 0. The number of hydrogen-bond acceptors (Lipinski definition) is 3. The number of rotatable bonds is 4. The Kier molecular flexibility index (Phi) is 3.56. The average molecular weight is 204 g/mol. The number of anilines is 1. The number of carbonyl (C=O) groups is 1. The van der Waals surface area contributed by atoms with Gasteiger partial charge in [-0.3, -0.25) is 0 Å². The first-order valence-electron chi connectivity index (χ1n) is 3.15. The molecule has 0 amide bonds. The van der Waals surface area contributed by atoms with Crippen molar-refractivity contribution in [2.24, 2.45) is 0 Å². The van der Waals surface area contributed by atoms with Crippen molar-refractivity contribution < 1.29 is 9.18 Å². The molecule has 1 heterocycles. The molecule has 0 aliphatic heterocycles. The van der Waals surface area contributed by atoms with E-state index in [-0.39, 0.29) is 0 Å². The zero-order chi connectivity index (χ0) is 8.97. The highest BCUT2D eigenvalue weighted by Gasteiger charge is 2.08. The lowest BCUT2D eigenvalue weighted by atomic mass is 9.98. The molecule has 63 valence electrons. The van der Waals surface area contributed by atoms with Crippen LogP contribution in [0.1, 0.15) is 5.56 Å². The monoisotopic (exact) mass is 204 g/mol. The summed E-state index contributed by atoms with van der Waals surface area (Å²) in [5, 5.41) is 4.22. The molecule has 0 fully saturated rings. The predicted octanol–water partition coefficient (Wildman–Crippen LogP) is 2.09. The summed E-state index contributed by atoms with van der Waals surface area (Å²) in [6.07, 6.45) is 0.579. The topological polar surface area (TPSA) is 29.1 Å². The molecule has 2 nitrogen and oxygen atoms in total. The van der Waals surface area contributed by atoms with Gasteiger partial charge in [0.1, 0.15) is 17.2 Å². The van der Waals surface area contributed by atoms with E-state index in [4.69, 9.17) is 11.6 Å². The summed E-state index contributed by atoms with van der Waals surface area (Å²) in [7, 11) is 1.17. The largest absolute Gasteiger partial charge is 0.423 e. The smallest absolute Gasteiger partial charge is 0.326 e. The van der Waals surface area contributed by atoms with E-state index in [1.54, 1.807) is 5.38 Å². The molecule has 0 unspecified atom stereocenters.